The first-order valence-electron chi connectivity index (χ1n) is 5.38. The minimum Gasteiger partial charge on any atom is -0.460 e. The van der Waals surface area contributed by atoms with Crippen LogP contribution in [0.2, 0.25) is 0 Å². The summed E-state index contributed by atoms with van der Waals surface area (Å²) in [4.78, 5) is 15.6. The molecule has 2 rings (SSSR count). The molecule has 0 unspecified atom stereocenters. The normalized spacial score (nSPS) is 10.2. The Bertz CT molecular complexity index is 520. The SMILES string of the molecule is CCOC(=O)c1nc(C)n(-c2ccccc2)n1. The van der Waals surface area contributed by atoms with Crippen LogP contribution < -0.4 is 0 Å². The van der Waals surface area contributed by atoms with Crippen LogP contribution in [0.1, 0.15) is 23.4 Å². The zero-order valence-electron chi connectivity index (χ0n) is 9.75. The molecular weight excluding hydrogens is 218 g/mol. The lowest BCUT2D eigenvalue weighted by Crippen LogP contribution is -2.07. The highest BCUT2D eigenvalue weighted by atomic mass is 16.5. The molecular formula is C12H13N3O2. The molecule has 88 valence electrons. The Kier molecular flexibility index (Phi) is 3.18. The molecule has 0 aliphatic rings. The fraction of sp³-hybridized carbons (Fsp3) is 0.250. The average molecular weight is 231 g/mol. The summed E-state index contributed by atoms with van der Waals surface area (Å²) in [6.45, 7) is 3.86. The van der Waals surface area contributed by atoms with Gasteiger partial charge in [-0.15, -0.1) is 5.10 Å². The molecule has 5 heteroatoms. The van der Waals surface area contributed by atoms with Crippen molar-refractivity contribution in [3.8, 4) is 5.69 Å². The molecule has 0 fully saturated rings. The maximum Gasteiger partial charge on any atom is 0.378 e. The quantitative estimate of drug-likeness (QED) is 0.755. The molecule has 0 atom stereocenters. The van der Waals surface area contributed by atoms with E-state index in [0.717, 1.165) is 5.69 Å². The van der Waals surface area contributed by atoms with E-state index in [4.69, 9.17) is 4.74 Å². The maximum absolute atomic E-state index is 11.5. The Morgan fingerprint density at radius 3 is 2.71 bits per heavy atom. The van der Waals surface area contributed by atoms with Gasteiger partial charge in [0.2, 0.25) is 0 Å². The minimum absolute atomic E-state index is 0.0909. The molecule has 0 saturated carbocycles. The van der Waals surface area contributed by atoms with E-state index in [-0.39, 0.29) is 5.82 Å². The van der Waals surface area contributed by atoms with Gasteiger partial charge in [-0.2, -0.15) is 0 Å². The molecule has 0 amide bonds. The van der Waals surface area contributed by atoms with Crippen LogP contribution in [0.4, 0.5) is 0 Å². The Morgan fingerprint density at radius 1 is 1.35 bits per heavy atom. The Balaban J connectivity index is 2.35. The number of benzene rings is 1. The van der Waals surface area contributed by atoms with E-state index in [1.807, 2.05) is 30.3 Å². The monoisotopic (exact) mass is 231 g/mol. The third-order valence-corrected chi connectivity index (χ3v) is 2.23. The number of ether oxygens (including phenoxy) is 1. The second-order valence-electron chi connectivity index (χ2n) is 3.45. The number of aryl methyl sites for hydroxylation is 1. The first kappa shape index (κ1) is 11.3. The summed E-state index contributed by atoms with van der Waals surface area (Å²) in [5.41, 5.74) is 0.869. The zero-order chi connectivity index (χ0) is 12.3. The number of hydrogen-bond acceptors (Lipinski definition) is 4. The van der Waals surface area contributed by atoms with E-state index >= 15 is 0 Å². The second kappa shape index (κ2) is 4.78. The largest absolute Gasteiger partial charge is 0.460 e. The third-order valence-electron chi connectivity index (χ3n) is 2.23. The standard InChI is InChI=1S/C12H13N3O2/c1-3-17-12(16)11-13-9(2)15(14-11)10-7-5-4-6-8-10/h4-8H,3H2,1-2H3. The first-order chi connectivity index (χ1) is 8.22. The van der Waals surface area contributed by atoms with Gasteiger partial charge < -0.3 is 4.74 Å². The van der Waals surface area contributed by atoms with Crippen molar-refractivity contribution < 1.29 is 9.53 Å². The van der Waals surface area contributed by atoms with Crippen molar-refractivity contribution >= 4 is 5.97 Å². The lowest BCUT2D eigenvalue weighted by Gasteiger charge is -2.00. The smallest absolute Gasteiger partial charge is 0.378 e. The molecule has 0 aliphatic carbocycles. The van der Waals surface area contributed by atoms with Gasteiger partial charge in [-0.25, -0.2) is 14.5 Å². The number of aromatic nitrogens is 3. The number of hydrogen-bond donors (Lipinski definition) is 0. The Hall–Kier alpha value is -2.17. The van der Waals surface area contributed by atoms with Crippen molar-refractivity contribution in [3.63, 3.8) is 0 Å². The molecule has 17 heavy (non-hydrogen) atoms. The Morgan fingerprint density at radius 2 is 2.06 bits per heavy atom. The average Bonchev–Trinajstić information content (AvgIpc) is 2.73. The summed E-state index contributed by atoms with van der Waals surface area (Å²) in [7, 11) is 0. The fourth-order valence-corrected chi connectivity index (χ4v) is 1.49. The van der Waals surface area contributed by atoms with Crippen molar-refractivity contribution in [3.05, 3.63) is 42.0 Å². The van der Waals surface area contributed by atoms with E-state index in [2.05, 4.69) is 10.1 Å². The van der Waals surface area contributed by atoms with Crippen LogP contribution in [0.3, 0.4) is 0 Å². The van der Waals surface area contributed by atoms with Crippen LogP contribution in [-0.4, -0.2) is 27.3 Å². The van der Waals surface area contributed by atoms with E-state index < -0.39 is 5.97 Å². The van der Waals surface area contributed by atoms with E-state index in [9.17, 15) is 4.79 Å². The van der Waals surface area contributed by atoms with Crippen LogP contribution in [0, 0.1) is 6.92 Å². The number of esters is 1. The van der Waals surface area contributed by atoms with Gasteiger partial charge in [-0.1, -0.05) is 18.2 Å². The molecule has 0 spiro atoms. The van der Waals surface area contributed by atoms with Gasteiger partial charge in [0.15, 0.2) is 0 Å². The molecule has 5 nitrogen and oxygen atoms in total. The molecule has 0 saturated heterocycles. The van der Waals surface area contributed by atoms with Gasteiger partial charge in [-0.3, -0.25) is 0 Å². The van der Waals surface area contributed by atoms with Gasteiger partial charge in [0.1, 0.15) is 5.82 Å². The van der Waals surface area contributed by atoms with Gasteiger partial charge in [0.05, 0.1) is 12.3 Å². The molecule has 1 aromatic carbocycles. The highest BCUT2D eigenvalue weighted by Gasteiger charge is 2.15. The molecule has 1 aromatic heterocycles. The molecule has 0 aliphatic heterocycles. The molecule has 0 bridgehead atoms. The minimum atomic E-state index is -0.495. The van der Waals surface area contributed by atoms with Gasteiger partial charge in [-0.05, 0) is 26.0 Å². The Labute approximate surface area is 99.1 Å². The summed E-state index contributed by atoms with van der Waals surface area (Å²) in [6, 6.07) is 9.52. The topological polar surface area (TPSA) is 57.0 Å². The third kappa shape index (κ3) is 2.33. The lowest BCUT2D eigenvalue weighted by molar-refractivity contribution is 0.0512. The lowest BCUT2D eigenvalue weighted by atomic mass is 10.3. The van der Waals surface area contributed by atoms with Crippen molar-refractivity contribution in [2.75, 3.05) is 6.61 Å². The van der Waals surface area contributed by atoms with Crippen LogP contribution in [0.25, 0.3) is 5.69 Å². The number of nitrogens with zero attached hydrogens (tertiary/aromatic N) is 3. The van der Waals surface area contributed by atoms with Crippen molar-refractivity contribution in [1.29, 1.82) is 0 Å². The molecule has 1 heterocycles. The molecule has 2 aromatic rings. The van der Waals surface area contributed by atoms with Crippen LogP contribution in [-0.2, 0) is 4.74 Å². The van der Waals surface area contributed by atoms with Crippen molar-refractivity contribution in [1.82, 2.24) is 14.8 Å². The van der Waals surface area contributed by atoms with Crippen LogP contribution in [0.5, 0.6) is 0 Å². The van der Waals surface area contributed by atoms with Gasteiger partial charge in [0, 0.05) is 0 Å². The predicted octanol–water partition coefficient (Wildman–Crippen LogP) is 1.75. The maximum atomic E-state index is 11.5. The second-order valence-corrected chi connectivity index (χ2v) is 3.45. The van der Waals surface area contributed by atoms with E-state index in [1.54, 1.807) is 18.5 Å². The molecule has 0 N–H and O–H groups in total. The summed E-state index contributed by atoms with van der Waals surface area (Å²) in [6.07, 6.45) is 0. The number of carbonyl (C=O) groups is 1. The highest BCUT2D eigenvalue weighted by Crippen LogP contribution is 2.09. The summed E-state index contributed by atoms with van der Waals surface area (Å²) >= 11 is 0. The fourth-order valence-electron chi connectivity index (χ4n) is 1.49. The van der Waals surface area contributed by atoms with E-state index in [1.165, 1.54) is 0 Å². The highest BCUT2D eigenvalue weighted by molar-refractivity contribution is 5.85. The van der Waals surface area contributed by atoms with Crippen molar-refractivity contribution in [2.45, 2.75) is 13.8 Å². The summed E-state index contributed by atoms with van der Waals surface area (Å²) < 4.78 is 6.47. The number of para-hydroxylation sites is 1. The predicted molar refractivity (Wildman–Crippen MR) is 62.1 cm³/mol. The van der Waals surface area contributed by atoms with Crippen LogP contribution >= 0.6 is 0 Å². The van der Waals surface area contributed by atoms with Crippen molar-refractivity contribution in [2.24, 2.45) is 0 Å². The number of rotatable bonds is 3. The summed E-state index contributed by atoms with van der Waals surface area (Å²) in [5, 5.41) is 4.13. The number of carbonyl (C=O) groups excluding carboxylic acids is 1. The van der Waals surface area contributed by atoms with E-state index in [0.29, 0.717) is 12.4 Å². The molecule has 0 radical (unpaired) electrons. The van der Waals surface area contributed by atoms with Crippen LogP contribution in [0.15, 0.2) is 30.3 Å². The first-order valence-corrected chi connectivity index (χ1v) is 5.38. The van der Waals surface area contributed by atoms with Gasteiger partial charge >= 0.3 is 5.97 Å². The summed E-state index contributed by atoms with van der Waals surface area (Å²) in [5.74, 6) is 0.248. The van der Waals surface area contributed by atoms with Gasteiger partial charge in [0.25, 0.3) is 5.82 Å². The zero-order valence-corrected chi connectivity index (χ0v) is 9.75.